The Morgan fingerprint density at radius 2 is 2.00 bits per heavy atom. The number of nitrogens with two attached hydrogens (primary N) is 1. The van der Waals surface area contributed by atoms with E-state index in [1.54, 1.807) is 7.11 Å². The molecule has 25 heavy (non-hydrogen) atoms. The van der Waals surface area contributed by atoms with Crippen LogP contribution in [0.25, 0.3) is 10.8 Å². The lowest BCUT2D eigenvalue weighted by Crippen LogP contribution is -2.21. The Bertz CT molecular complexity index is 1060. The summed E-state index contributed by atoms with van der Waals surface area (Å²) in [5.41, 5.74) is 9.02. The molecule has 0 saturated heterocycles. The molecule has 0 unspecified atom stereocenters. The summed E-state index contributed by atoms with van der Waals surface area (Å²) >= 11 is 0. The lowest BCUT2D eigenvalue weighted by atomic mass is 9.82. The fourth-order valence-electron chi connectivity index (χ4n) is 3.43. The van der Waals surface area contributed by atoms with E-state index in [9.17, 15) is 5.26 Å². The second kappa shape index (κ2) is 5.56. The number of hydrogen-bond acceptors (Lipinski definition) is 5. The Kier molecular flexibility index (Phi) is 3.36. The summed E-state index contributed by atoms with van der Waals surface area (Å²) in [7, 11) is 1.65. The zero-order valence-corrected chi connectivity index (χ0v) is 13.8. The number of rotatable bonds is 2. The number of H-pyrrole nitrogens is 1. The Hall–Kier alpha value is -3.46. The summed E-state index contributed by atoms with van der Waals surface area (Å²) in [5.74, 6) is 0.944. The number of aryl methyl sites for hydroxylation is 1. The summed E-state index contributed by atoms with van der Waals surface area (Å²) in [6, 6.07) is 14.0. The van der Waals surface area contributed by atoms with Crippen LogP contribution in [0.15, 0.2) is 47.9 Å². The van der Waals surface area contributed by atoms with Crippen LogP contribution in [-0.4, -0.2) is 17.3 Å². The summed E-state index contributed by atoms with van der Waals surface area (Å²) in [6.07, 6.45) is 0. The summed E-state index contributed by atoms with van der Waals surface area (Å²) in [6.45, 7) is 1.91. The van der Waals surface area contributed by atoms with E-state index in [2.05, 4.69) is 16.3 Å². The van der Waals surface area contributed by atoms with Gasteiger partial charge in [0.25, 0.3) is 0 Å². The number of aromatic nitrogens is 2. The first-order valence-corrected chi connectivity index (χ1v) is 7.83. The lowest BCUT2D eigenvalue weighted by Gasteiger charge is -2.25. The molecule has 0 bridgehead atoms. The standard InChI is InChI=1S/C19H16N4O2/c1-10-16-17(14(9-20)18(21)25-19(16)23-22-10)13-7-8-15(24-2)12-6-4-3-5-11(12)13/h3-8,17H,21H2,1-2H3,(H,22,23)/t17-/m1/s1. The molecular formula is C19H16N4O2. The molecule has 1 aliphatic rings. The molecule has 6 heteroatoms. The van der Waals surface area contributed by atoms with Gasteiger partial charge in [-0.25, -0.2) is 0 Å². The van der Waals surface area contributed by atoms with Gasteiger partial charge in [0.1, 0.15) is 17.4 Å². The fourth-order valence-corrected chi connectivity index (χ4v) is 3.43. The molecule has 0 radical (unpaired) electrons. The van der Waals surface area contributed by atoms with E-state index >= 15 is 0 Å². The molecule has 3 aromatic rings. The third kappa shape index (κ3) is 2.13. The smallest absolute Gasteiger partial charge is 0.244 e. The number of benzene rings is 2. The summed E-state index contributed by atoms with van der Waals surface area (Å²) in [4.78, 5) is 0. The minimum atomic E-state index is -0.344. The Morgan fingerprint density at radius 3 is 2.72 bits per heavy atom. The van der Waals surface area contributed by atoms with Crippen molar-refractivity contribution < 1.29 is 9.47 Å². The van der Waals surface area contributed by atoms with Crippen LogP contribution in [0.5, 0.6) is 11.6 Å². The second-order valence-corrected chi connectivity index (χ2v) is 5.89. The normalized spacial score (nSPS) is 16.3. The number of nitriles is 1. The average molecular weight is 332 g/mol. The van der Waals surface area contributed by atoms with Crippen molar-refractivity contribution in [3.05, 3.63) is 64.7 Å². The van der Waals surface area contributed by atoms with Crippen molar-refractivity contribution in [1.82, 2.24) is 10.2 Å². The Labute approximate surface area is 144 Å². The van der Waals surface area contributed by atoms with Crippen LogP contribution < -0.4 is 15.2 Å². The van der Waals surface area contributed by atoms with E-state index in [4.69, 9.17) is 15.2 Å². The van der Waals surface area contributed by atoms with Crippen molar-refractivity contribution in [2.45, 2.75) is 12.8 Å². The van der Waals surface area contributed by atoms with Crippen LogP contribution in [-0.2, 0) is 0 Å². The van der Waals surface area contributed by atoms with Crippen LogP contribution in [0.4, 0.5) is 0 Å². The highest BCUT2D eigenvalue weighted by molar-refractivity contribution is 5.92. The first kappa shape index (κ1) is 15.1. The molecule has 0 aliphatic carbocycles. The van der Waals surface area contributed by atoms with E-state index in [1.807, 2.05) is 43.3 Å². The second-order valence-electron chi connectivity index (χ2n) is 5.89. The maximum atomic E-state index is 9.70. The zero-order valence-electron chi connectivity index (χ0n) is 13.8. The van der Waals surface area contributed by atoms with Gasteiger partial charge in [0.05, 0.1) is 13.0 Å². The van der Waals surface area contributed by atoms with Gasteiger partial charge in [-0.1, -0.05) is 30.3 Å². The molecule has 6 nitrogen and oxygen atoms in total. The van der Waals surface area contributed by atoms with Crippen LogP contribution >= 0.6 is 0 Å². The van der Waals surface area contributed by atoms with Crippen molar-refractivity contribution >= 4 is 10.8 Å². The van der Waals surface area contributed by atoms with E-state index in [-0.39, 0.29) is 11.8 Å². The number of nitrogens with zero attached hydrogens (tertiary/aromatic N) is 2. The maximum Gasteiger partial charge on any atom is 0.244 e. The van der Waals surface area contributed by atoms with Crippen LogP contribution in [0.1, 0.15) is 22.7 Å². The Balaban J connectivity index is 2.06. The molecule has 0 spiro atoms. The number of ether oxygens (including phenoxy) is 2. The van der Waals surface area contributed by atoms with E-state index in [1.165, 1.54) is 0 Å². The molecule has 0 amide bonds. The number of aromatic amines is 1. The Morgan fingerprint density at radius 1 is 1.24 bits per heavy atom. The van der Waals surface area contributed by atoms with Gasteiger partial charge in [-0.2, -0.15) is 5.26 Å². The molecule has 3 N–H and O–H groups in total. The van der Waals surface area contributed by atoms with Gasteiger partial charge in [-0.3, -0.25) is 5.10 Å². The number of methoxy groups -OCH3 is 1. The maximum absolute atomic E-state index is 9.70. The topological polar surface area (TPSA) is 96.9 Å². The van der Waals surface area contributed by atoms with E-state index < -0.39 is 0 Å². The summed E-state index contributed by atoms with van der Waals surface area (Å²) < 4.78 is 11.0. The predicted octanol–water partition coefficient (Wildman–Crippen LogP) is 3.10. The summed E-state index contributed by atoms with van der Waals surface area (Å²) in [5, 5.41) is 18.8. The molecular weight excluding hydrogens is 316 g/mol. The van der Waals surface area contributed by atoms with Gasteiger partial charge >= 0.3 is 0 Å². The van der Waals surface area contributed by atoms with Crippen molar-refractivity contribution in [3.8, 4) is 17.7 Å². The monoisotopic (exact) mass is 332 g/mol. The van der Waals surface area contributed by atoms with E-state index in [0.29, 0.717) is 11.5 Å². The first-order chi connectivity index (χ1) is 12.2. The first-order valence-electron chi connectivity index (χ1n) is 7.83. The SMILES string of the molecule is COc1ccc([C@@H]2C(C#N)=C(N)Oc3n[nH]c(C)c32)c2ccccc12. The van der Waals surface area contributed by atoms with Gasteiger partial charge in [0.2, 0.25) is 11.8 Å². The molecule has 1 aliphatic heterocycles. The fraction of sp³-hybridized carbons (Fsp3) is 0.158. The highest BCUT2D eigenvalue weighted by atomic mass is 16.5. The zero-order chi connectivity index (χ0) is 17.6. The van der Waals surface area contributed by atoms with Crippen molar-refractivity contribution in [2.75, 3.05) is 7.11 Å². The lowest BCUT2D eigenvalue weighted by molar-refractivity contribution is 0.379. The highest BCUT2D eigenvalue weighted by Crippen LogP contribution is 2.45. The van der Waals surface area contributed by atoms with Crippen molar-refractivity contribution in [2.24, 2.45) is 5.73 Å². The van der Waals surface area contributed by atoms with E-state index in [0.717, 1.165) is 33.3 Å². The molecule has 2 aromatic carbocycles. The average Bonchev–Trinajstić information content (AvgIpc) is 3.00. The van der Waals surface area contributed by atoms with Gasteiger partial charge in [-0.15, -0.1) is 5.10 Å². The quantitative estimate of drug-likeness (QED) is 0.751. The number of allylic oxidation sites excluding steroid dienone is 1. The van der Waals surface area contributed by atoms with Crippen LogP contribution in [0, 0.1) is 18.3 Å². The third-order valence-electron chi connectivity index (χ3n) is 4.58. The largest absolute Gasteiger partial charge is 0.496 e. The molecule has 0 fully saturated rings. The molecule has 1 aromatic heterocycles. The van der Waals surface area contributed by atoms with Crippen LogP contribution in [0.2, 0.25) is 0 Å². The third-order valence-corrected chi connectivity index (χ3v) is 4.58. The molecule has 124 valence electrons. The highest BCUT2D eigenvalue weighted by Gasteiger charge is 2.35. The minimum absolute atomic E-state index is 0.0893. The van der Waals surface area contributed by atoms with Crippen molar-refractivity contribution in [1.29, 1.82) is 5.26 Å². The number of fused-ring (bicyclic) bond motifs is 2. The molecule has 0 saturated carbocycles. The van der Waals surface area contributed by atoms with Gasteiger partial charge < -0.3 is 15.2 Å². The van der Waals surface area contributed by atoms with Crippen LogP contribution in [0.3, 0.4) is 0 Å². The van der Waals surface area contributed by atoms with Gasteiger partial charge in [0.15, 0.2) is 0 Å². The molecule has 2 heterocycles. The van der Waals surface area contributed by atoms with Gasteiger partial charge in [0, 0.05) is 16.6 Å². The van der Waals surface area contributed by atoms with Crippen molar-refractivity contribution in [3.63, 3.8) is 0 Å². The minimum Gasteiger partial charge on any atom is -0.496 e. The predicted molar refractivity (Wildman–Crippen MR) is 93.1 cm³/mol. The van der Waals surface area contributed by atoms with Gasteiger partial charge in [-0.05, 0) is 23.9 Å². The number of hydrogen-bond donors (Lipinski definition) is 2. The molecule has 4 rings (SSSR count). The molecule has 1 atom stereocenters. The number of nitrogens with one attached hydrogen (secondary N) is 1.